The summed E-state index contributed by atoms with van der Waals surface area (Å²) < 4.78 is 17.6. The minimum Gasteiger partial charge on any atom is -0.481 e. The molecule has 0 fully saturated rings. The van der Waals surface area contributed by atoms with Gasteiger partial charge in [0.1, 0.15) is 17.8 Å². The van der Waals surface area contributed by atoms with Crippen LogP contribution in [0.15, 0.2) is 22.7 Å². The van der Waals surface area contributed by atoms with E-state index in [2.05, 4.69) is 5.16 Å². The first-order valence-electron chi connectivity index (χ1n) is 3.92. The molecule has 14 heavy (non-hydrogen) atoms. The van der Waals surface area contributed by atoms with Gasteiger partial charge in [-0.15, -0.1) is 0 Å². The van der Waals surface area contributed by atoms with Crippen LogP contribution >= 0.6 is 0 Å². The normalized spacial score (nSPS) is 10.6. The molecule has 0 amide bonds. The molecule has 0 aliphatic heterocycles. The zero-order valence-corrected chi connectivity index (χ0v) is 7.03. The van der Waals surface area contributed by atoms with Gasteiger partial charge in [-0.1, -0.05) is 5.16 Å². The van der Waals surface area contributed by atoms with Gasteiger partial charge in [0.25, 0.3) is 0 Å². The highest BCUT2D eigenvalue weighted by Crippen LogP contribution is 2.19. The van der Waals surface area contributed by atoms with E-state index in [1.807, 2.05) is 0 Å². The number of hydrogen-bond acceptors (Lipinski definition) is 3. The van der Waals surface area contributed by atoms with E-state index in [4.69, 9.17) is 9.63 Å². The van der Waals surface area contributed by atoms with Gasteiger partial charge in [-0.05, 0) is 18.2 Å². The van der Waals surface area contributed by atoms with Crippen molar-refractivity contribution in [3.63, 3.8) is 0 Å². The standard InChI is InChI=1S/C9H6FNO3/c10-5-1-2-7-6(3-5)8(14-11-7)4-9(12)13/h1-3H,4H2,(H,12,13). The summed E-state index contributed by atoms with van der Waals surface area (Å²) in [5.74, 6) is -1.30. The Morgan fingerprint density at radius 1 is 1.57 bits per heavy atom. The molecule has 5 heteroatoms. The van der Waals surface area contributed by atoms with Crippen LogP contribution in [0.5, 0.6) is 0 Å². The number of carboxylic acids is 1. The molecule has 4 nitrogen and oxygen atoms in total. The van der Waals surface area contributed by atoms with Gasteiger partial charge in [0.2, 0.25) is 0 Å². The zero-order valence-electron chi connectivity index (χ0n) is 7.03. The Bertz CT molecular complexity index is 492. The topological polar surface area (TPSA) is 63.3 Å². The van der Waals surface area contributed by atoms with Crippen LogP contribution in [0.3, 0.4) is 0 Å². The van der Waals surface area contributed by atoms with Gasteiger partial charge in [-0.2, -0.15) is 0 Å². The van der Waals surface area contributed by atoms with Crippen LogP contribution in [0.1, 0.15) is 5.76 Å². The molecule has 0 saturated heterocycles. The molecule has 1 aromatic heterocycles. The number of aliphatic carboxylic acids is 1. The number of carboxylic acid groups (broad SMARTS) is 1. The SMILES string of the molecule is O=C(O)Cc1onc2ccc(F)cc12. The third-order valence-corrected chi connectivity index (χ3v) is 1.82. The fourth-order valence-electron chi connectivity index (χ4n) is 1.23. The van der Waals surface area contributed by atoms with Gasteiger partial charge in [-0.25, -0.2) is 4.39 Å². The van der Waals surface area contributed by atoms with Crippen molar-refractivity contribution in [2.45, 2.75) is 6.42 Å². The monoisotopic (exact) mass is 195 g/mol. The first kappa shape index (κ1) is 8.68. The van der Waals surface area contributed by atoms with Gasteiger partial charge in [-0.3, -0.25) is 4.79 Å². The smallest absolute Gasteiger partial charge is 0.311 e. The summed E-state index contributed by atoms with van der Waals surface area (Å²) >= 11 is 0. The highest BCUT2D eigenvalue weighted by atomic mass is 19.1. The maximum atomic E-state index is 12.8. The number of nitrogens with zero attached hydrogens (tertiary/aromatic N) is 1. The van der Waals surface area contributed by atoms with Gasteiger partial charge >= 0.3 is 5.97 Å². The lowest BCUT2D eigenvalue weighted by Crippen LogP contribution is -1.98. The molecule has 0 spiro atoms. The van der Waals surface area contributed by atoms with Crippen LogP contribution in [0.4, 0.5) is 4.39 Å². The Labute approximate surface area is 77.9 Å². The molecule has 0 bridgehead atoms. The van der Waals surface area contributed by atoms with Crippen LogP contribution in [0.25, 0.3) is 10.9 Å². The van der Waals surface area contributed by atoms with Gasteiger partial charge in [0.05, 0.1) is 0 Å². The lowest BCUT2D eigenvalue weighted by atomic mass is 10.2. The van der Waals surface area contributed by atoms with Crippen molar-refractivity contribution in [1.82, 2.24) is 5.16 Å². The molecule has 2 rings (SSSR count). The molecule has 1 N–H and O–H groups in total. The van der Waals surface area contributed by atoms with Crippen LogP contribution in [0.2, 0.25) is 0 Å². The van der Waals surface area contributed by atoms with Crippen LogP contribution in [-0.4, -0.2) is 16.2 Å². The molecular weight excluding hydrogens is 189 g/mol. The van der Waals surface area contributed by atoms with E-state index in [-0.39, 0.29) is 12.2 Å². The first-order valence-corrected chi connectivity index (χ1v) is 3.92. The molecule has 0 saturated carbocycles. The van der Waals surface area contributed by atoms with Gasteiger partial charge < -0.3 is 9.63 Å². The third kappa shape index (κ3) is 1.44. The Balaban J connectivity index is 2.55. The average Bonchev–Trinajstić information content (AvgIpc) is 2.47. The van der Waals surface area contributed by atoms with E-state index in [0.29, 0.717) is 10.9 Å². The average molecular weight is 195 g/mol. The van der Waals surface area contributed by atoms with E-state index < -0.39 is 11.8 Å². The van der Waals surface area contributed by atoms with Crippen molar-refractivity contribution in [3.05, 3.63) is 29.8 Å². The third-order valence-electron chi connectivity index (χ3n) is 1.82. The van der Waals surface area contributed by atoms with Crippen molar-refractivity contribution < 1.29 is 18.8 Å². The molecule has 0 radical (unpaired) electrons. The summed E-state index contributed by atoms with van der Waals surface area (Å²) in [5.41, 5.74) is 0.461. The fraction of sp³-hybridized carbons (Fsp3) is 0.111. The summed E-state index contributed by atoms with van der Waals surface area (Å²) in [4.78, 5) is 10.4. The predicted octanol–water partition coefficient (Wildman–Crippen LogP) is 1.59. The summed E-state index contributed by atoms with van der Waals surface area (Å²) in [5, 5.41) is 12.5. The van der Waals surface area contributed by atoms with Crippen LogP contribution in [0, 0.1) is 5.82 Å². The second-order valence-electron chi connectivity index (χ2n) is 2.84. The Morgan fingerprint density at radius 2 is 2.36 bits per heavy atom. The zero-order chi connectivity index (χ0) is 10.1. The van der Waals surface area contributed by atoms with E-state index in [1.54, 1.807) is 0 Å². The van der Waals surface area contributed by atoms with Gasteiger partial charge in [0, 0.05) is 5.39 Å². The quantitative estimate of drug-likeness (QED) is 0.790. The van der Waals surface area contributed by atoms with E-state index >= 15 is 0 Å². The number of fused-ring (bicyclic) bond motifs is 1. The van der Waals surface area contributed by atoms with Crippen LogP contribution in [-0.2, 0) is 11.2 Å². The Hall–Kier alpha value is -1.91. The molecule has 72 valence electrons. The lowest BCUT2D eigenvalue weighted by molar-refractivity contribution is -0.136. The predicted molar refractivity (Wildman–Crippen MR) is 45.3 cm³/mol. The van der Waals surface area contributed by atoms with E-state index in [1.165, 1.54) is 18.2 Å². The number of aromatic nitrogens is 1. The molecule has 2 aromatic rings. The number of halogens is 1. The number of rotatable bonds is 2. The molecule has 0 aliphatic rings. The second kappa shape index (κ2) is 3.10. The molecule has 1 heterocycles. The van der Waals surface area contributed by atoms with Crippen molar-refractivity contribution >= 4 is 16.9 Å². The summed E-state index contributed by atoms with van der Waals surface area (Å²) in [6, 6.07) is 3.90. The summed E-state index contributed by atoms with van der Waals surface area (Å²) in [7, 11) is 0. The molecular formula is C9H6FNO3. The van der Waals surface area contributed by atoms with Crippen LogP contribution < -0.4 is 0 Å². The van der Waals surface area contributed by atoms with E-state index in [0.717, 1.165) is 0 Å². The highest BCUT2D eigenvalue weighted by molar-refractivity contribution is 5.84. The van der Waals surface area contributed by atoms with Crippen molar-refractivity contribution in [3.8, 4) is 0 Å². The Kier molecular flexibility index (Phi) is 1.92. The maximum Gasteiger partial charge on any atom is 0.311 e. The summed E-state index contributed by atoms with van der Waals surface area (Å²) in [6.07, 6.45) is -0.292. The van der Waals surface area contributed by atoms with E-state index in [9.17, 15) is 9.18 Å². The Morgan fingerprint density at radius 3 is 3.07 bits per heavy atom. The van der Waals surface area contributed by atoms with Crippen molar-refractivity contribution in [2.24, 2.45) is 0 Å². The highest BCUT2D eigenvalue weighted by Gasteiger charge is 2.12. The first-order chi connectivity index (χ1) is 6.66. The number of benzene rings is 1. The number of carbonyl (C=O) groups is 1. The summed E-state index contributed by atoms with van der Waals surface area (Å²) in [6.45, 7) is 0. The molecule has 1 aromatic carbocycles. The lowest BCUT2D eigenvalue weighted by Gasteiger charge is -1.90. The largest absolute Gasteiger partial charge is 0.481 e. The molecule has 0 atom stereocenters. The minimum atomic E-state index is -1.03. The minimum absolute atomic E-state index is 0.173. The molecule has 0 aliphatic carbocycles. The maximum absolute atomic E-state index is 12.8. The molecule has 0 unspecified atom stereocenters. The van der Waals surface area contributed by atoms with Gasteiger partial charge in [0.15, 0.2) is 5.76 Å². The number of hydrogen-bond donors (Lipinski definition) is 1. The van der Waals surface area contributed by atoms with Crippen molar-refractivity contribution in [2.75, 3.05) is 0 Å². The van der Waals surface area contributed by atoms with Crippen molar-refractivity contribution in [1.29, 1.82) is 0 Å². The fourth-order valence-corrected chi connectivity index (χ4v) is 1.23. The second-order valence-corrected chi connectivity index (χ2v) is 2.84.